The van der Waals surface area contributed by atoms with Gasteiger partial charge in [-0.2, -0.15) is 29.8 Å². The van der Waals surface area contributed by atoms with Crippen molar-refractivity contribution >= 4 is 0 Å². The van der Waals surface area contributed by atoms with Gasteiger partial charge in [-0.25, -0.2) is 0 Å². The van der Waals surface area contributed by atoms with Crippen LogP contribution >= 0.6 is 0 Å². The molecule has 1 saturated carbocycles. The average Bonchev–Trinajstić information content (AvgIpc) is 2.24. The Morgan fingerprint density at radius 1 is 1.31 bits per heavy atom. The van der Waals surface area contributed by atoms with E-state index in [4.69, 9.17) is 0 Å². The Balaban J connectivity index is 0.00000128. The zero-order chi connectivity index (χ0) is 10.9. The van der Waals surface area contributed by atoms with E-state index in [1.165, 1.54) is 0 Å². The normalized spacial score (nSPS) is 29.6. The third-order valence-electron chi connectivity index (χ3n) is 3.61. The van der Waals surface area contributed by atoms with Gasteiger partial charge in [0.05, 0.1) is 0 Å². The van der Waals surface area contributed by atoms with E-state index in [1.807, 2.05) is 25.1 Å². The summed E-state index contributed by atoms with van der Waals surface area (Å²) in [4.78, 5) is 0. The van der Waals surface area contributed by atoms with Crippen LogP contribution in [-0.4, -0.2) is 5.11 Å². The largest absolute Gasteiger partial charge is 0.398 e. The van der Waals surface area contributed by atoms with E-state index in [-0.39, 0.29) is 32.7 Å². The summed E-state index contributed by atoms with van der Waals surface area (Å²) in [6, 6.07) is 9.20. The monoisotopic (exact) mass is 292 g/mol. The van der Waals surface area contributed by atoms with Crippen molar-refractivity contribution < 1.29 is 37.8 Å². The third-order valence-corrected chi connectivity index (χ3v) is 3.61. The van der Waals surface area contributed by atoms with Gasteiger partial charge in [-0.3, -0.25) is 0 Å². The molecule has 0 bridgehead atoms. The van der Waals surface area contributed by atoms with E-state index in [9.17, 15) is 5.11 Å². The minimum absolute atomic E-state index is 0. The summed E-state index contributed by atoms with van der Waals surface area (Å²) in [6.07, 6.45) is 4.05. The van der Waals surface area contributed by atoms with Gasteiger partial charge in [0, 0.05) is 38.3 Å². The molecular formula is C14H19OY-. The smallest absolute Gasteiger partial charge is 0.0462 e. The molecule has 0 heterocycles. The number of hydrogen-bond donors (Lipinski definition) is 1. The van der Waals surface area contributed by atoms with Crippen LogP contribution in [0.2, 0.25) is 0 Å². The fraction of sp³-hybridized carbons (Fsp3) is 0.571. The van der Waals surface area contributed by atoms with Crippen molar-refractivity contribution in [1.29, 1.82) is 0 Å². The first-order valence-corrected chi connectivity index (χ1v) is 5.81. The molecule has 1 aromatic rings. The fourth-order valence-corrected chi connectivity index (χ4v) is 2.32. The van der Waals surface area contributed by atoms with Crippen LogP contribution in [-0.2, 0) is 38.3 Å². The van der Waals surface area contributed by atoms with Gasteiger partial charge in [0.15, 0.2) is 0 Å². The Morgan fingerprint density at radius 2 is 1.94 bits per heavy atom. The van der Waals surface area contributed by atoms with Crippen LogP contribution in [0.5, 0.6) is 0 Å². The molecule has 1 fully saturated rings. The van der Waals surface area contributed by atoms with Gasteiger partial charge < -0.3 is 5.11 Å². The minimum Gasteiger partial charge on any atom is -0.398 e. The first-order chi connectivity index (χ1) is 7.10. The summed E-state index contributed by atoms with van der Waals surface area (Å²) in [5.41, 5.74) is 1.59. The van der Waals surface area contributed by atoms with Crippen LogP contribution in [0.25, 0.3) is 0 Å². The first kappa shape index (κ1) is 14.3. The molecule has 1 aliphatic rings. The van der Waals surface area contributed by atoms with Crippen LogP contribution in [0, 0.1) is 18.9 Å². The Hall–Kier alpha value is 0.284. The molecule has 0 saturated heterocycles. The fourth-order valence-electron chi connectivity index (χ4n) is 2.32. The summed E-state index contributed by atoms with van der Waals surface area (Å²) in [6.45, 7) is 4.29. The van der Waals surface area contributed by atoms with Crippen molar-refractivity contribution in [2.45, 2.75) is 45.1 Å². The van der Waals surface area contributed by atoms with Gasteiger partial charge in [0.25, 0.3) is 0 Å². The van der Waals surface area contributed by atoms with Crippen LogP contribution in [0.3, 0.4) is 0 Å². The topological polar surface area (TPSA) is 20.2 Å². The minimum atomic E-state index is -0.587. The maximum atomic E-state index is 10.5. The molecule has 1 radical (unpaired) electrons. The molecule has 2 rings (SSSR count). The Morgan fingerprint density at radius 3 is 2.44 bits per heavy atom. The summed E-state index contributed by atoms with van der Waals surface area (Å²) < 4.78 is 0. The molecule has 0 aliphatic heterocycles. The SMILES string of the molecule is Cc1[c-]cc(C2(O)CCC(C)CC2)cc1.[Y]. The molecule has 1 N–H and O–H groups in total. The molecule has 16 heavy (non-hydrogen) atoms. The number of rotatable bonds is 1. The van der Waals surface area contributed by atoms with E-state index in [2.05, 4.69) is 13.0 Å². The molecule has 0 atom stereocenters. The van der Waals surface area contributed by atoms with Gasteiger partial charge in [0.1, 0.15) is 0 Å². The summed E-state index contributed by atoms with van der Waals surface area (Å²) >= 11 is 0. The second-order valence-corrected chi connectivity index (χ2v) is 4.97. The summed E-state index contributed by atoms with van der Waals surface area (Å²) in [5.74, 6) is 0.764. The van der Waals surface area contributed by atoms with Gasteiger partial charge in [0.2, 0.25) is 0 Å². The van der Waals surface area contributed by atoms with Crippen molar-refractivity contribution in [1.82, 2.24) is 0 Å². The molecule has 0 aromatic heterocycles. The van der Waals surface area contributed by atoms with E-state index in [0.29, 0.717) is 0 Å². The van der Waals surface area contributed by atoms with E-state index >= 15 is 0 Å². The number of aliphatic hydroxyl groups is 1. The van der Waals surface area contributed by atoms with Crippen molar-refractivity contribution in [2.24, 2.45) is 5.92 Å². The second-order valence-electron chi connectivity index (χ2n) is 4.97. The molecule has 1 nitrogen and oxygen atoms in total. The molecule has 0 spiro atoms. The van der Waals surface area contributed by atoms with Crippen molar-refractivity contribution in [3.63, 3.8) is 0 Å². The van der Waals surface area contributed by atoms with Crippen LogP contribution in [0.4, 0.5) is 0 Å². The van der Waals surface area contributed by atoms with Crippen molar-refractivity contribution in [3.05, 3.63) is 35.4 Å². The maximum absolute atomic E-state index is 10.5. The van der Waals surface area contributed by atoms with E-state index in [1.54, 1.807) is 0 Å². The van der Waals surface area contributed by atoms with Gasteiger partial charge >= 0.3 is 0 Å². The Labute approximate surface area is 124 Å². The Bertz CT molecular complexity index is 323. The third kappa shape index (κ3) is 3.15. The molecule has 0 amide bonds. The van der Waals surface area contributed by atoms with Crippen LogP contribution < -0.4 is 0 Å². The summed E-state index contributed by atoms with van der Waals surface area (Å²) in [5, 5.41) is 10.5. The number of hydrogen-bond acceptors (Lipinski definition) is 1. The van der Waals surface area contributed by atoms with Crippen LogP contribution in [0.15, 0.2) is 18.2 Å². The second kappa shape index (κ2) is 5.75. The van der Waals surface area contributed by atoms with Gasteiger partial charge in [-0.15, -0.1) is 5.56 Å². The zero-order valence-electron chi connectivity index (χ0n) is 10.2. The first-order valence-electron chi connectivity index (χ1n) is 5.81. The van der Waals surface area contributed by atoms with Gasteiger partial charge in [-0.05, 0) is 31.6 Å². The number of aryl methyl sites for hydroxylation is 1. The molecule has 1 aliphatic carbocycles. The predicted octanol–water partition coefficient (Wildman–Crippen LogP) is 3.19. The molecule has 0 unspecified atom stereocenters. The molecule has 1 aromatic carbocycles. The Kier molecular flexibility index (Phi) is 5.16. The molecule has 2 heteroatoms. The van der Waals surface area contributed by atoms with Gasteiger partial charge in [-0.1, -0.05) is 13.8 Å². The average molecular weight is 292 g/mol. The van der Waals surface area contributed by atoms with E-state index < -0.39 is 5.60 Å². The quantitative estimate of drug-likeness (QED) is 0.788. The zero-order valence-corrected chi connectivity index (χ0v) is 13.0. The predicted molar refractivity (Wildman–Crippen MR) is 61.5 cm³/mol. The van der Waals surface area contributed by atoms with Crippen LogP contribution in [0.1, 0.15) is 43.7 Å². The molecule has 85 valence electrons. The standard InChI is InChI=1S/C14H19O.Y/c1-11-3-5-13(6-4-11)14(15)9-7-12(2)8-10-14;/h3,5-6,12,15H,7-10H2,1-2H3;/q-1;. The van der Waals surface area contributed by atoms with E-state index in [0.717, 1.165) is 42.7 Å². The van der Waals surface area contributed by atoms with Crippen molar-refractivity contribution in [3.8, 4) is 0 Å². The van der Waals surface area contributed by atoms with Crippen molar-refractivity contribution in [2.75, 3.05) is 0 Å². The maximum Gasteiger partial charge on any atom is 0.0462 e. The number of benzene rings is 1. The summed E-state index contributed by atoms with van der Waals surface area (Å²) in [7, 11) is 0. The molecular weight excluding hydrogens is 273 g/mol.